The summed E-state index contributed by atoms with van der Waals surface area (Å²) in [5, 5.41) is 3.15. The second-order valence-electron chi connectivity index (χ2n) is 11.2. The van der Waals surface area contributed by atoms with Gasteiger partial charge in [0.2, 0.25) is 11.8 Å². The number of halogens is 1. The molecule has 7 nitrogen and oxygen atoms in total. The summed E-state index contributed by atoms with van der Waals surface area (Å²) in [6.45, 7) is 7.07. The summed E-state index contributed by atoms with van der Waals surface area (Å²) in [5.41, 5.74) is 3.76. The van der Waals surface area contributed by atoms with Gasteiger partial charge in [0.1, 0.15) is 12.6 Å². The molecule has 0 unspecified atom stereocenters. The highest BCUT2D eigenvalue weighted by Gasteiger charge is 2.35. The molecule has 0 saturated carbocycles. The molecule has 0 aliphatic heterocycles. The molecular weight excluding hydrogens is 594 g/mol. The van der Waals surface area contributed by atoms with Crippen LogP contribution in [0, 0.1) is 13.8 Å². The predicted molar refractivity (Wildman–Crippen MR) is 176 cm³/mol. The van der Waals surface area contributed by atoms with Crippen molar-refractivity contribution in [1.82, 2.24) is 10.2 Å². The summed E-state index contributed by atoms with van der Waals surface area (Å²) in [4.78, 5) is 29.7. The van der Waals surface area contributed by atoms with E-state index in [1.165, 1.54) is 17.0 Å². The van der Waals surface area contributed by atoms with Gasteiger partial charge in [-0.15, -0.1) is 0 Å². The van der Waals surface area contributed by atoms with Crippen LogP contribution in [0.4, 0.5) is 5.69 Å². The lowest BCUT2D eigenvalue weighted by molar-refractivity contribution is -0.140. The van der Waals surface area contributed by atoms with Crippen LogP contribution in [0.3, 0.4) is 0 Å². The smallest absolute Gasteiger partial charge is 0.264 e. The average Bonchev–Trinajstić information content (AvgIpc) is 2.98. The van der Waals surface area contributed by atoms with Crippen LogP contribution in [0.2, 0.25) is 5.02 Å². The molecule has 44 heavy (non-hydrogen) atoms. The molecule has 230 valence electrons. The first-order valence-corrected chi connectivity index (χ1v) is 16.3. The minimum Gasteiger partial charge on any atom is -0.352 e. The lowest BCUT2D eigenvalue weighted by atomic mass is 10.0. The van der Waals surface area contributed by atoms with Crippen LogP contribution in [0.15, 0.2) is 108 Å². The minimum atomic E-state index is -4.22. The number of hydrogen-bond acceptors (Lipinski definition) is 4. The van der Waals surface area contributed by atoms with Crippen molar-refractivity contribution in [2.24, 2.45) is 0 Å². The number of hydrogen-bond donors (Lipinski definition) is 1. The summed E-state index contributed by atoms with van der Waals surface area (Å²) < 4.78 is 29.3. The summed E-state index contributed by atoms with van der Waals surface area (Å²) in [6.07, 6.45) is 0.244. The summed E-state index contributed by atoms with van der Waals surface area (Å²) in [6, 6.07) is 29.0. The molecule has 0 heterocycles. The number of carbonyl (C=O) groups excluding carboxylic acids is 2. The van der Waals surface area contributed by atoms with Crippen molar-refractivity contribution in [3.05, 3.63) is 130 Å². The van der Waals surface area contributed by atoms with Crippen molar-refractivity contribution in [3.8, 4) is 0 Å². The van der Waals surface area contributed by atoms with E-state index < -0.39 is 28.5 Å². The Bertz CT molecular complexity index is 1690. The summed E-state index contributed by atoms with van der Waals surface area (Å²) in [5.74, 6) is -0.863. The van der Waals surface area contributed by atoms with E-state index in [1.807, 2.05) is 82.3 Å². The van der Waals surface area contributed by atoms with Crippen LogP contribution in [0.5, 0.6) is 0 Å². The zero-order valence-corrected chi connectivity index (χ0v) is 27.0. The molecule has 1 atom stereocenters. The quantitative estimate of drug-likeness (QED) is 0.198. The van der Waals surface area contributed by atoms with Gasteiger partial charge in [-0.25, -0.2) is 8.42 Å². The molecule has 0 aromatic heterocycles. The Morgan fingerprint density at radius 3 is 2.07 bits per heavy atom. The number of nitrogens with zero attached hydrogens (tertiary/aromatic N) is 2. The molecule has 0 aliphatic rings. The van der Waals surface area contributed by atoms with Gasteiger partial charge in [-0.1, -0.05) is 102 Å². The van der Waals surface area contributed by atoms with Gasteiger partial charge in [-0.05, 0) is 63.1 Å². The Hall–Kier alpha value is -4.14. The average molecular weight is 632 g/mol. The third-order valence-corrected chi connectivity index (χ3v) is 9.24. The number of nitrogens with one attached hydrogen (secondary N) is 1. The lowest BCUT2D eigenvalue weighted by Crippen LogP contribution is -2.54. The Labute approximate surface area is 265 Å². The number of carbonyl (C=O) groups is 2. The number of benzene rings is 4. The van der Waals surface area contributed by atoms with E-state index in [4.69, 9.17) is 11.6 Å². The summed E-state index contributed by atoms with van der Waals surface area (Å²) >= 11 is 6.53. The van der Waals surface area contributed by atoms with Crippen molar-refractivity contribution in [1.29, 1.82) is 0 Å². The monoisotopic (exact) mass is 631 g/mol. The first-order valence-electron chi connectivity index (χ1n) is 14.5. The number of rotatable bonds is 12. The second kappa shape index (κ2) is 14.6. The number of sulfonamides is 1. The highest BCUT2D eigenvalue weighted by Crippen LogP contribution is 2.31. The SMILES string of the molecule is Cc1ccc(S(=O)(=O)N(CC(=O)N(Cc2cccc(C)c2)[C@@H](Cc2ccccc2)C(=O)NC(C)C)c2ccccc2Cl)cc1. The van der Waals surface area contributed by atoms with Gasteiger partial charge >= 0.3 is 0 Å². The van der Waals surface area contributed by atoms with Crippen molar-refractivity contribution in [2.45, 2.75) is 57.6 Å². The molecule has 4 rings (SSSR count). The largest absolute Gasteiger partial charge is 0.352 e. The van der Waals surface area contributed by atoms with Crippen LogP contribution in [0.1, 0.15) is 36.1 Å². The number of para-hydroxylation sites is 1. The lowest BCUT2D eigenvalue weighted by Gasteiger charge is -2.34. The number of anilines is 1. The minimum absolute atomic E-state index is 0.0273. The third-order valence-electron chi connectivity index (χ3n) is 7.15. The van der Waals surface area contributed by atoms with E-state index in [1.54, 1.807) is 36.4 Å². The molecule has 0 radical (unpaired) electrons. The fourth-order valence-electron chi connectivity index (χ4n) is 4.95. The van der Waals surface area contributed by atoms with E-state index in [9.17, 15) is 18.0 Å². The van der Waals surface area contributed by atoms with E-state index in [0.717, 1.165) is 26.6 Å². The maximum atomic E-state index is 14.5. The first-order chi connectivity index (χ1) is 21.0. The van der Waals surface area contributed by atoms with E-state index in [-0.39, 0.29) is 40.5 Å². The normalized spacial score (nSPS) is 12.0. The third kappa shape index (κ3) is 8.27. The number of aryl methyl sites for hydroxylation is 2. The molecule has 0 fully saturated rings. The Morgan fingerprint density at radius 2 is 1.43 bits per heavy atom. The molecule has 0 saturated heterocycles. The van der Waals surface area contributed by atoms with E-state index in [0.29, 0.717) is 0 Å². The van der Waals surface area contributed by atoms with Crippen molar-refractivity contribution in [2.75, 3.05) is 10.8 Å². The summed E-state index contributed by atoms with van der Waals surface area (Å²) in [7, 11) is -4.22. The predicted octanol–water partition coefficient (Wildman–Crippen LogP) is 6.32. The maximum absolute atomic E-state index is 14.5. The van der Waals surface area contributed by atoms with Gasteiger partial charge in [0.15, 0.2) is 0 Å². The molecule has 2 amide bonds. The Kier molecular flexibility index (Phi) is 10.8. The van der Waals surface area contributed by atoms with Gasteiger partial charge < -0.3 is 10.2 Å². The highest BCUT2D eigenvalue weighted by atomic mass is 35.5. The highest BCUT2D eigenvalue weighted by molar-refractivity contribution is 7.92. The fraction of sp³-hybridized carbons (Fsp3) is 0.257. The Morgan fingerprint density at radius 1 is 0.795 bits per heavy atom. The van der Waals surface area contributed by atoms with Crippen molar-refractivity contribution >= 4 is 39.1 Å². The van der Waals surface area contributed by atoms with Crippen LogP contribution in [0.25, 0.3) is 0 Å². The molecular formula is C35H38ClN3O4S. The molecule has 0 spiro atoms. The molecule has 1 N–H and O–H groups in total. The topological polar surface area (TPSA) is 86.8 Å². The van der Waals surface area contributed by atoms with Gasteiger partial charge in [-0.3, -0.25) is 13.9 Å². The van der Waals surface area contributed by atoms with Crippen LogP contribution in [-0.2, 0) is 32.6 Å². The molecule has 0 aliphatic carbocycles. The zero-order valence-electron chi connectivity index (χ0n) is 25.4. The second-order valence-corrected chi connectivity index (χ2v) is 13.4. The Balaban J connectivity index is 1.82. The first kappa shape index (κ1) is 32.8. The van der Waals surface area contributed by atoms with Crippen molar-refractivity contribution in [3.63, 3.8) is 0 Å². The van der Waals surface area contributed by atoms with Crippen LogP contribution in [-0.4, -0.2) is 43.8 Å². The van der Waals surface area contributed by atoms with Gasteiger partial charge in [-0.2, -0.15) is 0 Å². The molecule has 0 bridgehead atoms. The standard InChI is InChI=1S/C35H38ClN3O4S/c1-25(2)37-35(41)33(22-28-12-6-5-7-13-28)38(23-29-14-10-11-27(4)21-29)34(40)24-39(32-16-9-8-15-31(32)36)44(42,43)30-19-17-26(3)18-20-30/h5-21,25,33H,22-24H2,1-4H3,(H,37,41)/t33-/m0/s1. The van der Waals surface area contributed by atoms with Gasteiger partial charge in [0.25, 0.3) is 10.0 Å². The van der Waals surface area contributed by atoms with Gasteiger partial charge in [0.05, 0.1) is 15.6 Å². The van der Waals surface area contributed by atoms with Crippen molar-refractivity contribution < 1.29 is 18.0 Å². The van der Waals surface area contributed by atoms with E-state index >= 15 is 0 Å². The molecule has 4 aromatic carbocycles. The zero-order chi connectivity index (χ0) is 31.9. The van der Waals surface area contributed by atoms with Crippen LogP contribution >= 0.6 is 11.6 Å². The van der Waals surface area contributed by atoms with Crippen LogP contribution < -0.4 is 9.62 Å². The molecule has 9 heteroatoms. The number of amides is 2. The van der Waals surface area contributed by atoms with E-state index in [2.05, 4.69) is 5.32 Å². The van der Waals surface area contributed by atoms with Gasteiger partial charge in [0, 0.05) is 19.0 Å². The fourth-order valence-corrected chi connectivity index (χ4v) is 6.67. The molecule has 4 aromatic rings. The maximum Gasteiger partial charge on any atom is 0.264 e.